The van der Waals surface area contributed by atoms with Crippen LogP contribution in [-0.2, 0) is 10.4 Å². The third-order valence-corrected chi connectivity index (χ3v) is 3.66. The van der Waals surface area contributed by atoms with Gasteiger partial charge in [-0.3, -0.25) is 9.78 Å². The smallest absolute Gasteiger partial charge is 0.306 e. The van der Waals surface area contributed by atoms with Gasteiger partial charge in [0.15, 0.2) is 0 Å². The second kappa shape index (κ2) is 3.78. The molecule has 1 aliphatic carbocycles. The lowest BCUT2D eigenvalue weighted by molar-refractivity contribution is -0.159. The van der Waals surface area contributed by atoms with Gasteiger partial charge in [0, 0.05) is 11.6 Å². The van der Waals surface area contributed by atoms with Crippen molar-refractivity contribution in [2.45, 2.75) is 18.4 Å². The van der Waals surface area contributed by atoms with Gasteiger partial charge in [0.1, 0.15) is 0 Å². The van der Waals surface area contributed by atoms with Gasteiger partial charge in [0.2, 0.25) is 0 Å². The number of carboxylic acid groups (broad SMARTS) is 1. The van der Waals surface area contributed by atoms with Crippen LogP contribution in [-0.4, -0.2) is 21.2 Å². The maximum Gasteiger partial charge on any atom is 0.306 e. The van der Waals surface area contributed by atoms with Crippen LogP contribution in [0, 0.1) is 5.92 Å². The number of hydrogen-bond acceptors (Lipinski definition) is 3. The van der Waals surface area contributed by atoms with Crippen molar-refractivity contribution in [1.29, 1.82) is 0 Å². The lowest BCUT2D eigenvalue weighted by Crippen LogP contribution is -2.44. The van der Waals surface area contributed by atoms with Gasteiger partial charge in [0.25, 0.3) is 0 Å². The van der Waals surface area contributed by atoms with Crippen molar-refractivity contribution < 1.29 is 15.0 Å². The monoisotopic (exact) mass is 243 g/mol. The fourth-order valence-electron chi connectivity index (χ4n) is 2.66. The molecule has 0 atom stereocenters. The van der Waals surface area contributed by atoms with E-state index in [1.54, 1.807) is 6.20 Å². The van der Waals surface area contributed by atoms with Crippen LogP contribution in [0.2, 0.25) is 0 Å². The highest BCUT2D eigenvalue weighted by Crippen LogP contribution is 2.47. The predicted molar refractivity (Wildman–Crippen MR) is 66.0 cm³/mol. The van der Waals surface area contributed by atoms with Crippen LogP contribution in [0.4, 0.5) is 0 Å². The average Bonchev–Trinajstić information content (AvgIpc) is 2.34. The summed E-state index contributed by atoms with van der Waals surface area (Å²) in [4.78, 5) is 15.1. The molecule has 1 saturated carbocycles. The summed E-state index contributed by atoms with van der Waals surface area (Å²) in [7, 11) is 0. The van der Waals surface area contributed by atoms with E-state index in [9.17, 15) is 9.90 Å². The first kappa shape index (κ1) is 11.2. The summed E-state index contributed by atoms with van der Waals surface area (Å²) in [5, 5.41) is 20.3. The Hall–Kier alpha value is -1.94. The molecule has 1 heterocycles. The largest absolute Gasteiger partial charge is 0.481 e. The number of fused-ring (bicyclic) bond motifs is 1. The number of hydrogen-bond donors (Lipinski definition) is 2. The first-order valence-electron chi connectivity index (χ1n) is 5.89. The third-order valence-electron chi connectivity index (χ3n) is 3.66. The number of rotatable bonds is 2. The number of aliphatic hydroxyl groups is 1. The van der Waals surface area contributed by atoms with E-state index in [-0.39, 0.29) is 12.8 Å². The summed E-state index contributed by atoms with van der Waals surface area (Å²) in [6.07, 6.45) is 2.25. The normalized spacial score (nSPS) is 26.8. The van der Waals surface area contributed by atoms with Crippen LogP contribution < -0.4 is 0 Å². The summed E-state index contributed by atoms with van der Waals surface area (Å²) >= 11 is 0. The van der Waals surface area contributed by atoms with Crippen LogP contribution in [0.15, 0.2) is 36.5 Å². The molecule has 1 aromatic heterocycles. The van der Waals surface area contributed by atoms with Crippen LogP contribution in [0.5, 0.6) is 0 Å². The highest BCUT2D eigenvalue weighted by Gasteiger charge is 2.48. The maximum absolute atomic E-state index is 10.8. The van der Waals surface area contributed by atoms with E-state index in [2.05, 4.69) is 4.98 Å². The summed E-state index contributed by atoms with van der Waals surface area (Å²) in [5.74, 6) is -1.28. The first-order valence-corrected chi connectivity index (χ1v) is 5.89. The molecule has 0 amide bonds. The summed E-state index contributed by atoms with van der Waals surface area (Å²) in [5.41, 5.74) is 0.582. The molecule has 0 bridgehead atoms. The van der Waals surface area contributed by atoms with Gasteiger partial charge in [-0.05, 0) is 30.5 Å². The molecule has 1 aliphatic rings. The molecule has 0 spiro atoms. The summed E-state index contributed by atoms with van der Waals surface area (Å²) in [6, 6.07) is 9.31. The van der Waals surface area contributed by atoms with Crippen molar-refractivity contribution in [2.75, 3.05) is 0 Å². The molecule has 18 heavy (non-hydrogen) atoms. The second-order valence-corrected chi connectivity index (χ2v) is 4.85. The van der Waals surface area contributed by atoms with Crippen molar-refractivity contribution >= 4 is 16.9 Å². The van der Waals surface area contributed by atoms with Crippen LogP contribution in [0.25, 0.3) is 10.9 Å². The molecule has 1 aromatic carbocycles. The Morgan fingerprint density at radius 2 is 2.06 bits per heavy atom. The molecular formula is C14H13NO3. The van der Waals surface area contributed by atoms with E-state index in [0.29, 0.717) is 0 Å². The molecule has 1 fully saturated rings. The second-order valence-electron chi connectivity index (χ2n) is 4.85. The molecule has 0 saturated heterocycles. The average molecular weight is 243 g/mol. The zero-order chi connectivity index (χ0) is 12.8. The Kier molecular flexibility index (Phi) is 2.35. The molecule has 0 unspecified atom stereocenters. The first-order chi connectivity index (χ1) is 8.60. The molecule has 0 aliphatic heterocycles. The van der Waals surface area contributed by atoms with Crippen LogP contribution in [0.1, 0.15) is 18.4 Å². The van der Waals surface area contributed by atoms with E-state index >= 15 is 0 Å². The zero-order valence-electron chi connectivity index (χ0n) is 9.71. The van der Waals surface area contributed by atoms with E-state index in [1.165, 1.54) is 0 Å². The van der Waals surface area contributed by atoms with Crippen molar-refractivity contribution in [1.82, 2.24) is 4.98 Å². The molecule has 4 heteroatoms. The summed E-state index contributed by atoms with van der Waals surface area (Å²) < 4.78 is 0. The molecule has 3 rings (SSSR count). The Labute approximate surface area is 104 Å². The topological polar surface area (TPSA) is 70.4 Å². The predicted octanol–water partition coefficient (Wildman–Crippen LogP) is 1.92. The van der Waals surface area contributed by atoms with Gasteiger partial charge < -0.3 is 10.2 Å². The molecule has 92 valence electrons. The Morgan fingerprint density at radius 3 is 2.78 bits per heavy atom. The minimum absolute atomic E-state index is 0.274. The van der Waals surface area contributed by atoms with Gasteiger partial charge in [-0.25, -0.2) is 0 Å². The van der Waals surface area contributed by atoms with Crippen LogP contribution in [0.3, 0.4) is 0 Å². The van der Waals surface area contributed by atoms with Crippen molar-refractivity contribution in [3.05, 3.63) is 42.1 Å². The van der Waals surface area contributed by atoms with Gasteiger partial charge in [-0.2, -0.15) is 0 Å². The number of carboxylic acids is 1. The number of carbonyl (C=O) groups is 1. The Balaban J connectivity index is 2.03. The lowest BCUT2D eigenvalue weighted by atomic mass is 9.66. The highest BCUT2D eigenvalue weighted by atomic mass is 16.4. The van der Waals surface area contributed by atoms with Crippen molar-refractivity contribution in [2.24, 2.45) is 5.92 Å². The fraction of sp³-hybridized carbons (Fsp3) is 0.286. The van der Waals surface area contributed by atoms with E-state index in [4.69, 9.17) is 5.11 Å². The van der Waals surface area contributed by atoms with E-state index in [1.807, 2.05) is 30.3 Å². The molecule has 0 radical (unpaired) electrons. The SMILES string of the molecule is O=C(O)C1CC(O)(c2cccc3ncccc23)C1. The van der Waals surface area contributed by atoms with E-state index < -0.39 is 17.5 Å². The fourth-order valence-corrected chi connectivity index (χ4v) is 2.66. The minimum Gasteiger partial charge on any atom is -0.481 e. The number of nitrogens with zero attached hydrogens (tertiary/aromatic N) is 1. The quantitative estimate of drug-likeness (QED) is 0.845. The number of pyridine rings is 1. The maximum atomic E-state index is 10.8. The number of benzene rings is 1. The van der Waals surface area contributed by atoms with Gasteiger partial charge in [0.05, 0.1) is 17.0 Å². The lowest BCUT2D eigenvalue weighted by Gasteiger charge is -2.42. The van der Waals surface area contributed by atoms with Crippen LogP contribution >= 0.6 is 0 Å². The van der Waals surface area contributed by atoms with Crippen molar-refractivity contribution in [3.63, 3.8) is 0 Å². The highest BCUT2D eigenvalue weighted by molar-refractivity contribution is 5.83. The molecule has 2 N–H and O–H groups in total. The van der Waals surface area contributed by atoms with E-state index in [0.717, 1.165) is 16.5 Å². The molecule has 4 nitrogen and oxygen atoms in total. The van der Waals surface area contributed by atoms with Gasteiger partial charge >= 0.3 is 5.97 Å². The summed E-state index contributed by atoms with van der Waals surface area (Å²) in [6.45, 7) is 0. The Bertz CT molecular complexity index is 612. The third kappa shape index (κ3) is 1.57. The van der Waals surface area contributed by atoms with Gasteiger partial charge in [-0.15, -0.1) is 0 Å². The Morgan fingerprint density at radius 1 is 1.28 bits per heavy atom. The minimum atomic E-state index is -1.02. The number of aliphatic carboxylic acids is 1. The standard InChI is InChI=1S/C14H13NO3/c16-13(17)9-7-14(18,8-9)11-4-1-5-12-10(11)3-2-6-15-12/h1-6,9,18H,7-8H2,(H,16,17). The molecular weight excluding hydrogens is 230 g/mol. The number of aromatic nitrogens is 1. The zero-order valence-corrected chi connectivity index (χ0v) is 9.71. The van der Waals surface area contributed by atoms with Crippen molar-refractivity contribution in [3.8, 4) is 0 Å². The molecule has 2 aromatic rings. The van der Waals surface area contributed by atoms with Gasteiger partial charge in [-0.1, -0.05) is 18.2 Å².